The highest BCUT2D eigenvalue weighted by molar-refractivity contribution is 5.98. The number of amides is 1. The maximum Gasteiger partial charge on any atom is 0.253 e. The van der Waals surface area contributed by atoms with Crippen LogP contribution in [-0.2, 0) is 0 Å². The summed E-state index contributed by atoms with van der Waals surface area (Å²) < 4.78 is 0. The summed E-state index contributed by atoms with van der Waals surface area (Å²) in [7, 11) is 0. The molecule has 7 heteroatoms. The molecule has 1 aromatic carbocycles. The number of hydrogen-bond donors (Lipinski definition) is 1. The number of amidine groups is 1. The second kappa shape index (κ2) is 7.51. The number of hydrogen-bond acceptors (Lipinski definition) is 6. The monoisotopic (exact) mass is 350 g/mol. The topological polar surface area (TPSA) is 73.7 Å². The Hall–Kier alpha value is -2.96. The Bertz CT molecular complexity index is 781. The lowest BCUT2D eigenvalue weighted by molar-refractivity contribution is 0.0747. The molecule has 0 bridgehead atoms. The molecule has 0 unspecified atom stereocenters. The van der Waals surface area contributed by atoms with E-state index in [0.29, 0.717) is 13.1 Å². The number of carbonyl (C=O) groups excluding carboxylic acids is 1. The number of nitrogens with one attached hydrogen (secondary N) is 1. The van der Waals surface area contributed by atoms with Gasteiger partial charge in [0.2, 0.25) is 0 Å². The molecular weight excluding hydrogens is 328 g/mol. The van der Waals surface area contributed by atoms with Crippen molar-refractivity contribution in [3.05, 3.63) is 48.3 Å². The maximum atomic E-state index is 12.7. The van der Waals surface area contributed by atoms with Gasteiger partial charge in [-0.2, -0.15) is 10.2 Å². The van der Waals surface area contributed by atoms with Crippen LogP contribution in [0.5, 0.6) is 0 Å². The molecule has 1 aromatic heterocycles. The summed E-state index contributed by atoms with van der Waals surface area (Å²) in [6.07, 6.45) is 5.57. The first-order chi connectivity index (χ1) is 12.8. The number of anilines is 2. The molecule has 2 aromatic rings. The van der Waals surface area contributed by atoms with Crippen molar-refractivity contribution < 1.29 is 4.79 Å². The fraction of sp³-hybridized carbons (Fsp3) is 0.368. The number of aliphatic imine (C=N–C) groups is 1. The molecule has 7 nitrogen and oxygen atoms in total. The molecule has 0 aliphatic carbocycles. The zero-order valence-electron chi connectivity index (χ0n) is 14.6. The molecule has 1 amide bonds. The van der Waals surface area contributed by atoms with E-state index < -0.39 is 0 Å². The van der Waals surface area contributed by atoms with Crippen molar-refractivity contribution in [1.82, 2.24) is 15.1 Å². The van der Waals surface area contributed by atoms with Crippen LogP contribution >= 0.6 is 0 Å². The fourth-order valence-electron chi connectivity index (χ4n) is 3.33. The summed E-state index contributed by atoms with van der Waals surface area (Å²) in [5.74, 6) is 1.12. The van der Waals surface area contributed by atoms with E-state index in [1.807, 2.05) is 35.2 Å². The smallest absolute Gasteiger partial charge is 0.253 e. The van der Waals surface area contributed by atoms with Crippen LogP contribution in [0.3, 0.4) is 0 Å². The van der Waals surface area contributed by atoms with Gasteiger partial charge in [0.15, 0.2) is 0 Å². The highest BCUT2D eigenvalue weighted by atomic mass is 16.2. The zero-order valence-corrected chi connectivity index (χ0v) is 14.6. The Labute approximate surface area is 152 Å². The number of piperazine rings is 1. The Balaban J connectivity index is 1.34. The highest BCUT2D eigenvalue weighted by Crippen LogP contribution is 2.17. The minimum atomic E-state index is 0.0854. The average Bonchev–Trinajstić information content (AvgIpc) is 3.22. The van der Waals surface area contributed by atoms with Gasteiger partial charge in [0, 0.05) is 50.4 Å². The van der Waals surface area contributed by atoms with Crippen LogP contribution < -0.4 is 10.2 Å². The van der Waals surface area contributed by atoms with Gasteiger partial charge in [-0.3, -0.25) is 9.79 Å². The van der Waals surface area contributed by atoms with Crippen molar-refractivity contribution in [2.75, 3.05) is 42.9 Å². The normalized spacial score (nSPS) is 17.2. The van der Waals surface area contributed by atoms with Crippen molar-refractivity contribution in [2.45, 2.75) is 12.8 Å². The molecule has 0 saturated carbocycles. The summed E-state index contributed by atoms with van der Waals surface area (Å²) >= 11 is 0. The minimum Gasteiger partial charge on any atom is -0.367 e. The summed E-state index contributed by atoms with van der Waals surface area (Å²) in [6, 6.07) is 9.63. The largest absolute Gasteiger partial charge is 0.367 e. The molecule has 1 fully saturated rings. The summed E-state index contributed by atoms with van der Waals surface area (Å²) in [6.45, 7) is 3.92. The van der Waals surface area contributed by atoms with E-state index in [2.05, 4.69) is 25.4 Å². The molecule has 2 aliphatic heterocycles. The van der Waals surface area contributed by atoms with Crippen molar-refractivity contribution in [3.8, 4) is 0 Å². The Morgan fingerprint density at radius 1 is 1.00 bits per heavy atom. The van der Waals surface area contributed by atoms with E-state index in [1.165, 1.54) is 0 Å². The lowest BCUT2D eigenvalue weighted by Crippen LogP contribution is -2.48. The maximum absolute atomic E-state index is 12.7. The molecule has 1 saturated heterocycles. The standard InChI is InChI=1S/C19H22N6O/c26-19(15-3-5-16(6-4-15)23-18-2-1-8-20-18)25-12-10-24(11-13-25)17-7-9-21-22-14-17/h3-7,9,14H,1-2,8,10-13H2,(H,20,23). The molecule has 2 aliphatic rings. The Kier molecular flexibility index (Phi) is 4.77. The Morgan fingerprint density at radius 2 is 1.81 bits per heavy atom. The first-order valence-corrected chi connectivity index (χ1v) is 9.01. The van der Waals surface area contributed by atoms with Gasteiger partial charge in [0.25, 0.3) is 5.91 Å². The van der Waals surface area contributed by atoms with E-state index in [-0.39, 0.29) is 5.91 Å². The van der Waals surface area contributed by atoms with Crippen molar-refractivity contribution in [3.63, 3.8) is 0 Å². The van der Waals surface area contributed by atoms with Crippen molar-refractivity contribution in [1.29, 1.82) is 0 Å². The molecular formula is C19H22N6O. The van der Waals surface area contributed by atoms with Crippen molar-refractivity contribution in [2.24, 2.45) is 4.99 Å². The predicted molar refractivity (Wildman–Crippen MR) is 102 cm³/mol. The zero-order chi connectivity index (χ0) is 17.8. The summed E-state index contributed by atoms with van der Waals surface area (Å²) in [5.41, 5.74) is 2.76. The number of aromatic nitrogens is 2. The van der Waals surface area contributed by atoms with Gasteiger partial charge in [-0.15, -0.1) is 0 Å². The quantitative estimate of drug-likeness (QED) is 0.917. The van der Waals surface area contributed by atoms with Crippen LogP contribution in [0, 0.1) is 0 Å². The van der Waals surface area contributed by atoms with Gasteiger partial charge < -0.3 is 15.1 Å². The number of carbonyl (C=O) groups is 1. The Morgan fingerprint density at radius 3 is 2.46 bits per heavy atom. The molecule has 3 heterocycles. The molecule has 26 heavy (non-hydrogen) atoms. The van der Waals surface area contributed by atoms with Crippen LogP contribution in [0.25, 0.3) is 0 Å². The van der Waals surface area contributed by atoms with E-state index in [1.54, 1.807) is 12.4 Å². The average molecular weight is 350 g/mol. The second-order valence-electron chi connectivity index (χ2n) is 6.51. The van der Waals surface area contributed by atoms with Crippen LogP contribution in [-0.4, -0.2) is 59.6 Å². The first kappa shape index (κ1) is 16.5. The van der Waals surface area contributed by atoms with E-state index in [0.717, 1.165) is 55.2 Å². The molecule has 4 rings (SSSR count). The minimum absolute atomic E-state index is 0.0854. The molecule has 134 valence electrons. The third-order valence-electron chi connectivity index (χ3n) is 4.80. The van der Waals surface area contributed by atoms with Crippen LogP contribution in [0.15, 0.2) is 47.7 Å². The SMILES string of the molecule is O=C(c1ccc(NC2=NCCC2)cc1)N1CCN(c2ccnnc2)CC1. The second-order valence-corrected chi connectivity index (χ2v) is 6.51. The molecule has 0 spiro atoms. The van der Waals surface area contributed by atoms with Crippen LogP contribution in [0.4, 0.5) is 11.4 Å². The third-order valence-corrected chi connectivity index (χ3v) is 4.80. The van der Waals surface area contributed by atoms with E-state index in [4.69, 9.17) is 0 Å². The van der Waals surface area contributed by atoms with Crippen molar-refractivity contribution >= 4 is 23.1 Å². The van der Waals surface area contributed by atoms with Gasteiger partial charge >= 0.3 is 0 Å². The number of rotatable bonds is 3. The van der Waals surface area contributed by atoms with Gasteiger partial charge in [-0.1, -0.05) is 0 Å². The molecule has 0 radical (unpaired) electrons. The van der Waals surface area contributed by atoms with Gasteiger partial charge in [-0.05, 0) is 36.8 Å². The lowest BCUT2D eigenvalue weighted by atomic mass is 10.1. The summed E-state index contributed by atoms with van der Waals surface area (Å²) in [5, 5.41) is 11.0. The van der Waals surface area contributed by atoms with E-state index >= 15 is 0 Å². The molecule has 0 atom stereocenters. The van der Waals surface area contributed by atoms with Crippen LogP contribution in [0.1, 0.15) is 23.2 Å². The first-order valence-electron chi connectivity index (χ1n) is 9.01. The number of nitrogens with zero attached hydrogens (tertiary/aromatic N) is 5. The lowest BCUT2D eigenvalue weighted by Gasteiger charge is -2.35. The van der Waals surface area contributed by atoms with E-state index in [9.17, 15) is 4.79 Å². The van der Waals surface area contributed by atoms with Crippen LogP contribution in [0.2, 0.25) is 0 Å². The van der Waals surface area contributed by atoms with Gasteiger partial charge in [0.1, 0.15) is 5.84 Å². The number of benzene rings is 1. The van der Waals surface area contributed by atoms with Gasteiger partial charge in [-0.25, -0.2) is 0 Å². The highest BCUT2D eigenvalue weighted by Gasteiger charge is 2.22. The third kappa shape index (κ3) is 3.66. The predicted octanol–water partition coefficient (Wildman–Crippen LogP) is 2.04. The van der Waals surface area contributed by atoms with Gasteiger partial charge in [0.05, 0.1) is 18.1 Å². The molecule has 1 N–H and O–H groups in total. The fourth-order valence-corrected chi connectivity index (χ4v) is 3.33. The summed E-state index contributed by atoms with van der Waals surface area (Å²) in [4.78, 5) is 21.3.